The number of nitrogens with zero attached hydrogens (tertiary/aromatic N) is 1. The molecule has 0 spiro atoms. The molecule has 0 saturated carbocycles. The van der Waals surface area contributed by atoms with Crippen LogP contribution in [0, 0.1) is 0 Å². The first-order chi connectivity index (χ1) is 12.1. The number of carbonyl (C=O) groups excluding carboxylic acids is 2. The maximum atomic E-state index is 12.3. The van der Waals surface area contributed by atoms with E-state index < -0.39 is 0 Å². The molecule has 0 radical (unpaired) electrons. The van der Waals surface area contributed by atoms with Gasteiger partial charge >= 0.3 is 0 Å². The van der Waals surface area contributed by atoms with Gasteiger partial charge in [0.1, 0.15) is 12.3 Å². The summed E-state index contributed by atoms with van der Waals surface area (Å²) >= 11 is 0. The topological polar surface area (TPSA) is 77.1 Å². The van der Waals surface area contributed by atoms with Gasteiger partial charge in [0.15, 0.2) is 11.5 Å². The molecule has 0 bridgehead atoms. The second kappa shape index (κ2) is 7.12. The van der Waals surface area contributed by atoms with Crippen molar-refractivity contribution in [3.8, 4) is 17.2 Å². The molecular weight excluding hydrogens is 324 g/mol. The van der Waals surface area contributed by atoms with Crippen LogP contribution in [0.1, 0.15) is 6.92 Å². The first kappa shape index (κ1) is 16.6. The summed E-state index contributed by atoms with van der Waals surface area (Å²) in [5, 5.41) is 2.76. The molecule has 1 N–H and O–H groups in total. The third-order valence-corrected chi connectivity index (χ3v) is 3.70. The molecule has 2 aromatic carbocycles. The Labute approximate surface area is 145 Å². The van der Waals surface area contributed by atoms with Gasteiger partial charge in [-0.25, -0.2) is 0 Å². The first-order valence-electron chi connectivity index (χ1n) is 7.68. The van der Waals surface area contributed by atoms with Crippen LogP contribution in [0.25, 0.3) is 0 Å². The van der Waals surface area contributed by atoms with Gasteiger partial charge in [-0.3, -0.25) is 9.59 Å². The van der Waals surface area contributed by atoms with E-state index in [1.807, 2.05) is 0 Å². The number of methoxy groups -OCH3 is 1. The first-order valence-corrected chi connectivity index (χ1v) is 7.68. The van der Waals surface area contributed by atoms with Crippen LogP contribution < -0.4 is 24.4 Å². The minimum Gasteiger partial charge on any atom is -0.497 e. The highest BCUT2D eigenvalue weighted by atomic mass is 16.7. The molecule has 0 unspecified atom stereocenters. The van der Waals surface area contributed by atoms with Crippen molar-refractivity contribution in [3.05, 3.63) is 42.5 Å². The van der Waals surface area contributed by atoms with Gasteiger partial charge in [-0.2, -0.15) is 0 Å². The Morgan fingerprint density at radius 1 is 1.16 bits per heavy atom. The molecule has 1 aliphatic rings. The summed E-state index contributed by atoms with van der Waals surface area (Å²) in [5.74, 6) is 1.26. The normalized spacial score (nSPS) is 11.8. The zero-order valence-electron chi connectivity index (χ0n) is 13.9. The van der Waals surface area contributed by atoms with Crippen molar-refractivity contribution in [1.82, 2.24) is 0 Å². The van der Waals surface area contributed by atoms with Gasteiger partial charge < -0.3 is 24.4 Å². The highest BCUT2D eigenvalue weighted by Gasteiger charge is 2.18. The number of fused-ring (bicyclic) bond motifs is 1. The lowest BCUT2D eigenvalue weighted by Gasteiger charge is -2.21. The summed E-state index contributed by atoms with van der Waals surface area (Å²) in [6.45, 7) is 1.46. The van der Waals surface area contributed by atoms with Crippen molar-refractivity contribution in [3.63, 3.8) is 0 Å². The maximum Gasteiger partial charge on any atom is 0.244 e. The number of benzene rings is 2. The maximum absolute atomic E-state index is 12.3. The molecule has 0 aromatic heterocycles. The van der Waals surface area contributed by atoms with Crippen molar-refractivity contribution in [2.24, 2.45) is 0 Å². The molecule has 3 rings (SSSR count). The molecule has 0 saturated heterocycles. The van der Waals surface area contributed by atoms with E-state index in [1.54, 1.807) is 49.6 Å². The van der Waals surface area contributed by atoms with Gasteiger partial charge in [-0.15, -0.1) is 0 Å². The standard InChI is InChI=1S/C18H18N2O5/c1-12(21)20(14-4-3-5-15(9-14)23-2)10-18(22)19-13-6-7-16-17(8-13)25-11-24-16/h3-9H,10-11H2,1-2H3,(H,19,22). The summed E-state index contributed by atoms with van der Waals surface area (Å²) in [4.78, 5) is 25.7. The summed E-state index contributed by atoms with van der Waals surface area (Å²) in [7, 11) is 1.55. The zero-order chi connectivity index (χ0) is 17.8. The van der Waals surface area contributed by atoms with E-state index in [9.17, 15) is 9.59 Å². The lowest BCUT2D eigenvalue weighted by atomic mass is 10.2. The zero-order valence-corrected chi connectivity index (χ0v) is 13.9. The van der Waals surface area contributed by atoms with Crippen LogP contribution in [0.3, 0.4) is 0 Å². The number of amides is 2. The van der Waals surface area contributed by atoms with Crippen LogP contribution in [-0.4, -0.2) is 32.3 Å². The monoisotopic (exact) mass is 342 g/mol. The largest absolute Gasteiger partial charge is 0.497 e. The molecule has 1 heterocycles. The highest BCUT2D eigenvalue weighted by Crippen LogP contribution is 2.34. The number of nitrogens with one attached hydrogen (secondary N) is 1. The average Bonchev–Trinajstić information content (AvgIpc) is 3.07. The smallest absolute Gasteiger partial charge is 0.244 e. The molecule has 2 amide bonds. The van der Waals surface area contributed by atoms with Crippen molar-refractivity contribution >= 4 is 23.2 Å². The fourth-order valence-corrected chi connectivity index (χ4v) is 2.48. The Bertz CT molecular complexity index is 806. The van der Waals surface area contributed by atoms with E-state index in [4.69, 9.17) is 14.2 Å². The van der Waals surface area contributed by atoms with Crippen molar-refractivity contribution < 1.29 is 23.8 Å². The van der Waals surface area contributed by atoms with E-state index in [0.29, 0.717) is 28.6 Å². The Morgan fingerprint density at radius 2 is 1.96 bits per heavy atom. The number of carbonyl (C=O) groups is 2. The van der Waals surface area contributed by atoms with Crippen LogP contribution >= 0.6 is 0 Å². The van der Waals surface area contributed by atoms with Gasteiger partial charge in [0.2, 0.25) is 18.6 Å². The number of rotatable bonds is 5. The van der Waals surface area contributed by atoms with Crippen molar-refractivity contribution in [2.45, 2.75) is 6.92 Å². The molecule has 130 valence electrons. The molecule has 2 aromatic rings. The minimum atomic E-state index is -0.322. The van der Waals surface area contributed by atoms with E-state index in [0.717, 1.165) is 0 Å². The van der Waals surface area contributed by atoms with Gasteiger partial charge in [0.25, 0.3) is 0 Å². The Hall–Kier alpha value is -3.22. The fraction of sp³-hybridized carbons (Fsp3) is 0.222. The van der Waals surface area contributed by atoms with Crippen LogP contribution in [0.15, 0.2) is 42.5 Å². The van der Waals surface area contributed by atoms with Gasteiger partial charge in [-0.1, -0.05) is 6.07 Å². The summed E-state index contributed by atoms with van der Waals surface area (Å²) < 4.78 is 15.7. The number of anilines is 2. The number of hydrogen-bond donors (Lipinski definition) is 1. The fourth-order valence-electron chi connectivity index (χ4n) is 2.48. The summed E-state index contributed by atoms with van der Waals surface area (Å²) in [6, 6.07) is 12.1. The molecule has 0 atom stereocenters. The molecule has 7 heteroatoms. The van der Waals surface area contributed by atoms with Gasteiger partial charge in [-0.05, 0) is 24.3 Å². The van der Waals surface area contributed by atoms with Crippen molar-refractivity contribution in [1.29, 1.82) is 0 Å². The number of hydrogen-bond acceptors (Lipinski definition) is 5. The second-order valence-corrected chi connectivity index (χ2v) is 5.42. The average molecular weight is 342 g/mol. The van der Waals surface area contributed by atoms with E-state index in [-0.39, 0.29) is 25.2 Å². The van der Waals surface area contributed by atoms with E-state index in [1.165, 1.54) is 11.8 Å². The third kappa shape index (κ3) is 3.82. The molecule has 1 aliphatic heterocycles. The predicted octanol–water partition coefficient (Wildman–Crippen LogP) is 2.42. The molecular formula is C18H18N2O5. The van der Waals surface area contributed by atoms with Gasteiger partial charge in [0.05, 0.1) is 7.11 Å². The van der Waals surface area contributed by atoms with Gasteiger partial charge in [0, 0.05) is 30.4 Å². The molecule has 7 nitrogen and oxygen atoms in total. The molecule has 0 fully saturated rings. The van der Waals surface area contributed by atoms with Crippen molar-refractivity contribution in [2.75, 3.05) is 30.7 Å². The third-order valence-electron chi connectivity index (χ3n) is 3.70. The quantitative estimate of drug-likeness (QED) is 0.903. The minimum absolute atomic E-state index is 0.114. The highest BCUT2D eigenvalue weighted by molar-refractivity contribution is 6.02. The Kier molecular flexibility index (Phi) is 4.74. The lowest BCUT2D eigenvalue weighted by molar-refractivity contribution is -0.120. The van der Waals surface area contributed by atoms with E-state index in [2.05, 4.69) is 5.32 Å². The Balaban J connectivity index is 1.71. The van der Waals surface area contributed by atoms with Crippen LogP contribution in [0.2, 0.25) is 0 Å². The van der Waals surface area contributed by atoms with Crippen LogP contribution in [0.4, 0.5) is 11.4 Å². The SMILES string of the molecule is COc1cccc(N(CC(=O)Nc2ccc3c(c2)OCO3)C(C)=O)c1. The van der Waals surface area contributed by atoms with E-state index >= 15 is 0 Å². The lowest BCUT2D eigenvalue weighted by Crippen LogP contribution is -2.36. The van der Waals surface area contributed by atoms with Crippen LogP contribution in [-0.2, 0) is 9.59 Å². The second-order valence-electron chi connectivity index (χ2n) is 5.42. The Morgan fingerprint density at radius 3 is 2.72 bits per heavy atom. The van der Waals surface area contributed by atoms with Crippen LogP contribution in [0.5, 0.6) is 17.2 Å². The summed E-state index contributed by atoms with van der Waals surface area (Å²) in [6.07, 6.45) is 0. The predicted molar refractivity (Wildman–Crippen MR) is 92.2 cm³/mol. The summed E-state index contributed by atoms with van der Waals surface area (Å²) in [5.41, 5.74) is 1.16. The molecule has 25 heavy (non-hydrogen) atoms. The molecule has 0 aliphatic carbocycles. The number of ether oxygens (including phenoxy) is 3.